The first-order valence-corrected chi connectivity index (χ1v) is 8.01. The average Bonchev–Trinajstić information content (AvgIpc) is 2.42. The molecule has 0 aliphatic carbocycles. The van der Waals surface area contributed by atoms with E-state index in [1.54, 1.807) is 0 Å². The number of likely N-dealkylation sites (N-methyl/N-ethyl adjacent to an activating group) is 1. The number of nitrogens with one attached hydrogen (secondary N) is 1. The molecule has 0 radical (unpaired) electrons. The predicted molar refractivity (Wildman–Crippen MR) is 88.4 cm³/mol. The van der Waals surface area contributed by atoms with Gasteiger partial charge in [0, 0.05) is 15.0 Å². The van der Waals surface area contributed by atoms with Crippen LogP contribution in [0.2, 0.25) is 0 Å². The fraction of sp³-hybridized carbons (Fsp3) is 0.250. The molecule has 0 amide bonds. The lowest BCUT2D eigenvalue weighted by atomic mass is 9.99. The van der Waals surface area contributed by atoms with Crippen molar-refractivity contribution in [1.29, 1.82) is 0 Å². The van der Waals surface area contributed by atoms with E-state index in [0.29, 0.717) is 6.04 Å². The zero-order valence-electron chi connectivity index (χ0n) is 10.9. The van der Waals surface area contributed by atoms with E-state index in [9.17, 15) is 0 Å². The van der Waals surface area contributed by atoms with Gasteiger partial charge in [-0.1, -0.05) is 63.0 Å². The Morgan fingerprint density at radius 2 is 1.42 bits per heavy atom. The molecule has 0 aliphatic heterocycles. The van der Waals surface area contributed by atoms with Crippen LogP contribution in [0.3, 0.4) is 0 Å². The van der Waals surface area contributed by atoms with Gasteiger partial charge in [0.05, 0.1) is 0 Å². The second kappa shape index (κ2) is 7.22. The molecule has 1 unspecified atom stereocenters. The summed E-state index contributed by atoms with van der Waals surface area (Å²) < 4.78 is 2.25. The molecule has 0 spiro atoms. The highest BCUT2D eigenvalue weighted by Crippen LogP contribution is 2.21. The third-order valence-electron chi connectivity index (χ3n) is 3.08. The lowest BCUT2D eigenvalue weighted by molar-refractivity contribution is 0.550. The van der Waals surface area contributed by atoms with Gasteiger partial charge in [-0.2, -0.15) is 0 Å². The normalized spacial score (nSPS) is 12.4. The number of rotatable bonds is 5. The van der Waals surface area contributed by atoms with Gasteiger partial charge in [0.15, 0.2) is 0 Å². The van der Waals surface area contributed by atoms with Crippen LogP contribution in [-0.2, 0) is 6.42 Å². The molecule has 2 aromatic carbocycles. The van der Waals surface area contributed by atoms with E-state index in [1.165, 1.54) is 11.1 Å². The largest absolute Gasteiger partial charge is 0.310 e. The molecule has 1 N–H and O–H groups in total. The summed E-state index contributed by atoms with van der Waals surface area (Å²) in [6, 6.07) is 17.5. The van der Waals surface area contributed by atoms with E-state index in [1.807, 2.05) is 0 Å². The summed E-state index contributed by atoms with van der Waals surface area (Å²) in [4.78, 5) is 0. The highest BCUT2D eigenvalue weighted by molar-refractivity contribution is 9.10. The van der Waals surface area contributed by atoms with E-state index in [2.05, 4.69) is 92.6 Å². The second-order valence-electron chi connectivity index (χ2n) is 4.49. The molecule has 100 valence electrons. The molecule has 3 heteroatoms. The summed E-state index contributed by atoms with van der Waals surface area (Å²) in [5.74, 6) is 0. The third-order valence-corrected chi connectivity index (χ3v) is 4.13. The van der Waals surface area contributed by atoms with Crippen molar-refractivity contribution >= 4 is 31.9 Å². The number of hydrogen-bond acceptors (Lipinski definition) is 1. The lowest BCUT2D eigenvalue weighted by Crippen LogP contribution is -2.22. The molecule has 0 fully saturated rings. The average molecular weight is 383 g/mol. The van der Waals surface area contributed by atoms with Gasteiger partial charge in [-0.15, -0.1) is 0 Å². The SMILES string of the molecule is CCNC(Cc1ccc(Br)cc1)c1ccc(Br)cc1. The second-order valence-corrected chi connectivity index (χ2v) is 6.32. The summed E-state index contributed by atoms with van der Waals surface area (Å²) in [7, 11) is 0. The van der Waals surface area contributed by atoms with Crippen molar-refractivity contribution in [3.63, 3.8) is 0 Å². The molecule has 0 aliphatic rings. The minimum absolute atomic E-state index is 0.360. The van der Waals surface area contributed by atoms with Crippen molar-refractivity contribution in [3.05, 3.63) is 68.6 Å². The van der Waals surface area contributed by atoms with Crippen LogP contribution in [0.25, 0.3) is 0 Å². The van der Waals surface area contributed by atoms with Gasteiger partial charge in [0.25, 0.3) is 0 Å². The predicted octanol–water partition coefficient (Wildman–Crippen LogP) is 5.10. The van der Waals surface area contributed by atoms with E-state index in [-0.39, 0.29) is 0 Å². The summed E-state index contributed by atoms with van der Waals surface area (Å²) in [5.41, 5.74) is 2.67. The first-order valence-electron chi connectivity index (χ1n) is 6.42. The van der Waals surface area contributed by atoms with Crippen LogP contribution in [0.1, 0.15) is 24.1 Å². The van der Waals surface area contributed by atoms with Crippen LogP contribution in [0.5, 0.6) is 0 Å². The van der Waals surface area contributed by atoms with Gasteiger partial charge < -0.3 is 5.32 Å². The Balaban J connectivity index is 2.15. The topological polar surface area (TPSA) is 12.0 Å². The molecule has 0 saturated heterocycles. The van der Waals surface area contributed by atoms with Crippen LogP contribution in [0.4, 0.5) is 0 Å². The van der Waals surface area contributed by atoms with E-state index >= 15 is 0 Å². The summed E-state index contributed by atoms with van der Waals surface area (Å²) >= 11 is 6.96. The fourth-order valence-electron chi connectivity index (χ4n) is 2.11. The third kappa shape index (κ3) is 4.44. The molecule has 1 nitrogen and oxygen atoms in total. The maximum absolute atomic E-state index is 3.55. The molecule has 0 saturated carbocycles. The van der Waals surface area contributed by atoms with Gasteiger partial charge in [-0.05, 0) is 48.4 Å². The summed E-state index contributed by atoms with van der Waals surface area (Å²) in [5, 5.41) is 3.55. The fourth-order valence-corrected chi connectivity index (χ4v) is 2.63. The minimum Gasteiger partial charge on any atom is -0.310 e. The molecular weight excluding hydrogens is 366 g/mol. The number of halogens is 2. The van der Waals surface area contributed by atoms with Crippen LogP contribution < -0.4 is 5.32 Å². The van der Waals surface area contributed by atoms with Crippen molar-refractivity contribution in [2.45, 2.75) is 19.4 Å². The molecule has 2 rings (SSSR count). The lowest BCUT2D eigenvalue weighted by Gasteiger charge is -2.18. The quantitative estimate of drug-likeness (QED) is 0.757. The van der Waals surface area contributed by atoms with E-state index in [4.69, 9.17) is 0 Å². The first-order chi connectivity index (χ1) is 9.19. The Morgan fingerprint density at radius 3 is 1.95 bits per heavy atom. The molecule has 1 atom stereocenters. The molecule has 2 aromatic rings. The Labute approximate surface area is 131 Å². The van der Waals surface area contributed by atoms with E-state index < -0.39 is 0 Å². The van der Waals surface area contributed by atoms with Gasteiger partial charge >= 0.3 is 0 Å². The zero-order chi connectivity index (χ0) is 13.7. The standard InChI is InChI=1S/C16H17Br2N/c1-2-19-16(13-5-9-15(18)10-6-13)11-12-3-7-14(17)8-4-12/h3-10,16,19H,2,11H2,1H3. The minimum atomic E-state index is 0.360. The smallest absolute Gasteiger partial charge is 0.0360 e. The van der Waals surface area contributed by atoms with Crippen molar-refractivity contribution < 1.29 is 0 Å². The van der Waals surface area contributed by atoms with Crippen LogP contribution in [0.15, 0.2) is 57.5 Å². The van der Waals surface area contributed by atoms with Crippen LogP contribution in [0, 0.1) is 0 Å². The van der Waals surface area contributed by atoms with Gasteiger partial charge in [-0.25, -0.2) is 0 Å². The highest BCUT2D eigenvalue weighted by Gasteiger charge is 2.10. The molecule has 0 aromatic heterocycles. The van der Waals surface area contributed by atoms with Crippen molar-refractivity contribution in [2.24, 2.45) is 0 Å². The van der Waals surface area contributed by atoms with Crippen molar-refractivity contribution in [2.75, 3.05) is 6.54 Å². The van der Waals surface area contributed by atoms with Crippen molar-refractivity contribution in [3.8, 4) is 0 Å². The Kier molecular flexibility index (Phi) is 5.61. The Bertz CT molecular complexity index is 505. The number of hydrogen-bond donors (Lipinski definition) is 1. The van der Waals surface area contributed by atoms with Gasteiger partial charge in [0.1, 0.15) is 0 Å². The van der Waals surface area contributed by atoms with Crippen LogP contribution in [-0.4, -0.2) is 6.54 Å². The summed E-state index contributed by atoms with van der Waals surface area (Å²) in [6.45, 7) is 3.12. The molecule has 0 heterocycles. The zero-order valence-corrected chi connectivity index (χ0v) is 14.0. The maximum Gasteiger partial charge on any atom is 0.0360 e. The van der Waals surface area contributed by atoms with Gasteiger partial charge in [0.2, 0.25) is 0 Å². The Morgan fingerprint density at radius 1 is 0.895 bits per heavy atom. The Hall–Kier alpha value is -0.640. The highest BCUT2D eigenvalue weighted by atomic mass is 79.9. The molecule has 19 heavy (non-hydrogen) atoms. The van der Waals surface area contributed by atoms with Crippen LogP contribution >= 0.6 is 31.9 Å². The summed E-state index contributed by atoms with van der Waals surface area (Å²) in [6.07, 6.45) is 1.00. The van der Waals surface area contributed by atoms with Crippen molar-refractivity contribution in [1.82, 2.24) is 5.32 Å². The van der Waals surface area contributed by atoms with Gasteiger partial charge in [-0.3, -0.25) is 0 Å². The monoisotopic (exact) mass is 381 g/mol. The number of benzene rings is 2. The molecular formula is C16H17Br2N. The molecule has 0 bridgehead atoms. The maximum atomic E-state index is 3.55. The van der Waals surface area contributed by atoms with E-state index in [0.717, 1.165) is 21.9 Å². The first kappa shape index (κ1) is 14.8.